The number of piperazine rings is 1. The molecule has 0 radical (unpaired) electrons. The molecule has 0 aromatic heterocycles. The molecule has 1 aliphatic heterocycles. The predicted octanol–water partition coefficient (Wildman–Crippen LogP) is 2.89. The summed E-state index contributed by atoms with van der Waals surface area (Å²) in [4.78, 5) is 30.7. The normalized spacial score (nSPS) is 14.4. The second kappa shape index (κ2) is 10.7. The highest BCUT2D eigenvalue weighted by atomic mass is 35.5. The first-order chi connectivity index (χ1) is 14.4. The SMILES string of the molecule is CN(CCN1CCN(c2ccccc2)CC1)C(=O)C(=O)NCc1ccc(Cl)cc1Cl. The second-order valence-electron chi connectivity index (χ2n) is 7.31. The zero-order valence-electron chi connectivity index (χ0n) is 17.0. The minimum absolute atomic E-state index is 0.176. The number of anilines is 1. The van der Waals surface area contributed by atoms with Crippen LogP contribution in [0, 0.1) is 0 Å². The van der Waals surface area contributed by atoms with E-state index in [9.17, 15) is 9.59 Å². The number of rotatable bonds is 6. The maximum Gasteiger partial charge on any atom is 0.311 e. The third kappa shape index (κ3) is 6.11. The van der Waals surface area contributed by atoms with E-state index in [4.69, 9.17) is 23.2 Å². The van der Waals surface area contributed by atoms with Crippen molar-refractivity contribution in [1.82, 2.24) is 15.1 Å². The van der Waals surface area contributed by atoms with Crippen LogP contribution in [0.1, 0.15) is 5.56 Å². The summed E-state index contributed by atoms with van der Waals surface area (Å²) in [6, 6.07) is 15.4. The molecule has 6 nitrogen and oxygen atoms in total. The number of benzene rings is 2. The van der Waals surface area contributed by atoms with Crippen LogP contribution in [0.3, 0.4) is 0 Å². The number of nitrogens with one attached hydrogen (secondary N) is 1. The Bertz CT molecular complexity index is 871. The van der Waals surface area contributed by atoms with Gasteiger partial charge in [0.25, 0.3) is 0 Å². The van der Waals surface area contributed by atoms with E-state index in [-0.39, 0.29) is 6.54 Å². The van der Waals surface area contributed by atoms with E-state index >= 15 is 0 Å². The van der Waals surface area contributed by atoms with Gasteiger partial charge in [-0.2, -0.15) is 0 Å². The Balaban J connectivity index is 1.39. The van der Waals surface area contributed by atoms with Crippen molar-refractivity contribution in [2.45, 2.75) is 6.54 Å². The van der Waals surface area contributed by atoms with Crippen molar-refractivity contribution in [1.29, 1.82) is 0 Å². The lowest BCUT2D eigenvalue weighted by Crippen LogP contribution is -2.49. The zero-order chi connectivity index (χ0) is 21.5. The standard InChI is InChI=1S/C22H26Cl2N4O2/c1-26(22(30)21(29)25-16-17-7-8-18(23)15-20(17)24)9-10-27-11-13-28(14-12-27)19-5-3-2-4-6-19/h2-8,15H,9-14,16H2,1H3,(H,25,29). The van der Waals surface area contributed by atoms with Crippen LogP contribution in [-0.2, 0) is 16.1 Å². The van der Waals surface area contributed by atoms with E-state index in [1.165, 1.54) is 10.6 Å². The van der Waals surface area contributed by atoms with Crippen LogP contribution in [0.2, 0.25) is 10.0 Å². The Hall–Kier alpha value is -2.28. The van der Waals surface area contributed by atoms with Crippen LogP contribution in [0.15, 0.2) is 48.5 Å². The van der Waals surface area contributed by atoms with Crippen LogP contribution in [0.4, 0.5) is 5.69 Å². The fourth-order valence-corrected chi connectivity index (χ4v) is 3.83. The summed E-state index contributed by atoms with van der Waals surface area (Å²) in [6.45, 7) is 5.17. The molecule has 1 saturated heterocycles. The molecule has 2 aromatic rings. The van der Waals surface area contributed by atoms with E-state index in [0.29, 0.717) is 22.2 Å². The van der Waals surface area contributed by atoms with E-state index < -0.39 is 11.8 Å². The molecule has 1 fully saturated rings. The van der Waals surface area contributed by atoms with Crippen molar-refractivity contribution >= 4 is 40.7 Å². The first kappa shape index (κ1) is 22.4. The molecule has 2 aromatic carbocycles. The summed E-state index contributed by atoms with van der Waals surface area (Å²) in [5.41, 5.74) is 1.95. The highest BCUT2D eigenvalue weighted by molar-refractivity contribution is 6.36. The Labute approximate surface area is 187 Å². The van der Waals surface area contributed by atoms with Gasteiger partial charge in [0, 0.05) is 68.6 Å². The van der Waals surface area contributed by atoms with Crippen LogP contribution < -0.4 is 10.2 Å². The maximum atomic E-state index is 12.3. The van der Waals surface area contributed by atoms with Crippen LogP contribution >= 0.6 is 23.2 Å². The summed E-state index contributed by atoms with van der Waals surface area (Å²) in [6.07, 6.45) is 0. The van der Waals surface area contributed by atoms with Gasteiger partial charge in [-0.1, -0.05) is 47.5 Å². The van der Waals surface area contributed by atoms with E-state index in [0.717, 1.165) is 32.7 Å². The molecule has 0 atom stereocenters. The Morgan fingerprint density at radius 2 is 1.73 bits per heavy atom. The summed E-state index contributed by atoms with van der Waals surface area (Å²) in [7, 11) is 1.65. The monoisotopic (exact) mass is 448 g/mol. The summed E-state index contributed by atoms with van der Waals surface area (Å²) in [5.74, 6) is -1.19. The molecular formula is C22H26Cl2N4O2. The minimum Gasteiger partial charge on any atom is -0.369 e. The largest absolute Gasteiger partial charge is 0.369 e. The average Bonchev–Trinajstić information content (AvgIpc) is 2.77. The molecule has 30 heavy (non-hydrogen) atoms. The lowest BCUT2D eigenvalue weighted by atomic mass is 10.2. The highest BCUT2D eigenvalue weighted by Gasteiger charge is 2.21. The summed E-state index contributed by atoms with van der Waals surface area (Å²) in [5, 5.41) is 3.60. The van der Waals surface area contributed by atoms with Crippen molar-refractivity contribution in [2.75, 3.05) is 51.2 Å². The summed E-state index contributed by atoms with van der Waals surface area (Å²) < 4.78 is 0. The van der Waals surface area contributed by atoms with Crippen molar-refractivity contribution in [3.8, 4) is 0 Å². The lowest BCUT2D eigenvalue weighted by molar-refractivity contribution is -0.145. The predicted molar refractivity (Wildman–Crippen MR) is 121 cm³/mol. The number of carbonyl (C=O) groups is 2. The van der Waals surface area contributed by atoms with Gasteiger partial charge in [0.05, 0.1) is 0 Å². The Morgan fingerprint density at radius 1 is 1.03 bits per heavy atom. The molecule has 2 amide bonds. The molecule has 8 heteroatoms. The van der Waals surface area contributed by atoms with Gasteiger partial charge < -0.3 is 15.1 Å². The van der Waals surface area contributed by atoms with Gasteiger partial charge >= 0.3 is 11.8 Å². The van der Waals surface area contributed by atoms with Gasteiger partial charge in [-0.15, -0.1) is 0 Å². The number of halogens is 2. The van der Waals surface area contributed by atoms with Crippen molar-refractivity contribution in [3.05, 3.63) is 64.1 Å². The first-order valence-corrected chi connectivity index (χ1v) is 10.7. The molecule has 1 heterocycles. The molecule has 0 spiro atoms. The second-order valence-corrected chi connectivity index (χ2v) is 8.15. The molecule has 0 aliphatic carbocycles. The number of likely N-dealkylation sites (N-methyl/N-ethyl adjacent to an activating group) is 1. The smallest absolute Gasteiger partial charge is 0.311 e. The third-order valence-electron chi connectivity index (χ3n) is 5.24. The highest BCUT2D eigenvalue weighted by Crippen LogP contribution is 2.20. The molecule has 0 unspecified atom stereocenters. The molecule has 0 bridgehead atoms. The molecule has 1 N–H and O–H groups in total. The van der Waals surface area contributed by atoms with Crippen molar-refractivity contribution in [3.63, 3.8) is 0 Å². The minimum atomic E-state index is -0.641. The van der Waals surface area contributed by atoms with E-state index in [1.54, 1.807) is 25.2 Å². The molecule has 0 saturated carbocycles. The van der Waals surface area contributed by atoms with Gasteiger partial charge in [-0.25, -0.2) is 0 Å². The Morgan fingerprint density at radius 3 is 2.40 bits per heavy atom. The summed E-state index contributed by atoms with van der Waals surface area (Å²) >= 11 is 12.0. The fourth-order valence-electron chi connectivity index (χ4n) is 3.35. The lowest BCUT2D eigenvalue weighted by Gasteiger charge is -2.36. The van der Waals surface area contributed by atoms with Crippen LogP contribution in [0.25, 0.3) is 0 Å². The first-order valence-electron chi connectivity index (χ1n) is 9.93. The maximum absolute atomic E-state index is 12.3. The number of hydrogen-bond donors (Lipinski definition) is 1. The van der Waals surface area contributed by atoms with Crippen molar-refractivity contribution < 1.29 is 9.59 Å². The van der Waals surface area contributed by atoms with Gasteiger partial charge in [-0.05, 0) is 29.8 Å². The number of hydrogen-bond acceptors (Lipinski definition) is 4. The average molecular weight is 449 g/mol. The quantitative estimate of drug-likeness (QED) is 0.690. The fraction of sp³-hybridized carbons (Fsp3) is 0.364. The zero-order valence-corrected chi connectivity index (χ0v) is 18.5. The van der Waals surface area contributed by atoms with Gasteiger partial charge in [0.1, 0.15) is 0 Å². The Kier molecular flexibility index (Phi) is 7.96. The van der Waals surface area contributed by atoms with E-state index in [2.05, 4.69) is 27.2 Å². The molecular weight excluding hydrogens is 423 g/mol. The van der Waals surface area contributed by atoms with Gasteiger partial charge in [0.15, 0.2) is 0 Å². The van der Waals surface area contributed by atoms with E-state index in [1.807, 2.05) is 18.2 Å². The van der Waals surface area contributed by atoms with Crippen LogP contribution in [0.5, 0.6) is 0 Å². The van der Waals surface area contributed by atoms with Crippen molar-refractivity contribution in [2.24, 2.45) is 0 Å². The molecule has 1 aliphatic rings. The van der Waals surface area contributed by atoms with Gasteiger partial charge in [-0.3, -0.25) is 14.5 Å². The van der Waals surface area contributed by atoms with Crippen LogP contribution in [-0.4, -0.2) is 67.9 Å². The number of para-hydroxylation sites is 1. The topological polar surface area (TPSA) is 55.9 Å². The number of nitrogens with zero attached hydrogens (tertiary/aromatic N) is 3. The number of amides is 2. The number of carbonyl (C=O) groups excluding carboxylic acids is 2. The van der Waals surface area contributed by atoms with Gasteiger partial charge in [0.2, 0.25) is 0 Å². The molecule has 160 valence electrons. The molecule has 3 rings (SSSR count). The third-order valence-corrected chi connectivity index (χ3v) is 5.83.